The van der Waals surface area contributed by atoms with Gasteiger partial charge in [-0.25, -0.2) is 0 Å². The van der Waals surface area contributed by atoms with Gasteiger partial charge < -0.3 is 8.83 Å². The highest BCUT2D eigenvalue weighted by Gasteiger charge is 2.14. The van der Waals surface area contributed by atoms with Gasteiger partial charge in [-0.3, -0.25) is 9.97 Å². The van der Waals surface area contributed by atoms with Crippen molar-refractivity contribution >= 4 is 44.1 Å². The number of pyridine rings is 2. The topological polar surface area (TPSA) is 52.1 Å². The molecule has 0 amide bonds. The van der Waals surface area contributed by atoms with E-state index < -0.39 is 0 Å². The molecule has 4 aromatic heterocycles. The van der Waals surface area contributed by atoms with Gasteiger partial charge in [-0.2, -0.15) is 0 Å². The van der Waals surface area contributed by atoms with Crippen LogP contribution in [0.2, 0.25) is 0 Å². The van der Waals surface area contributed by atoms with Crippen molar-refractivity contribution in [3.05, 3.63) is 146 Å². The van der Waals surface area contributed by atoms with Gasteiger partial charge in [-0.15, -0.1) is 0 Å². The summed E-state index contributed by atoms with van der Waals surface area (Å²) in [5, 5.41) is 2.08. The Kier molecular flexibility index (Phi) is 5.47. The molecule has 5 aromatic carbocycles. The minimum atomic E-state index is 0.822. The number of para-hydroxylation sites is 2. The lowest BCUT2D eigenvalue weighted by molar-refractivity contribution is 0.669. The largest absolute Gasteiger partial charge is 0.454 e. The van der Waals surface area contributed by atoms with Gasteiger partial charge in [0, 0.05) is 34.3 Å². The molecular weight excluding hydrogens is 540 g/mol. The molecule has 4 heterocycles. The number of hydrogen-bond acceptors (Lipinski definition) is 4. The van der Waals surface area contributed by atoms with E-state index >= 15 is 0 Å². The van der Waals surface area contributed by atoms with E-state index in [1.165, 1.54) is 11.1 Å². The zero-order valence-corrected chi connectivity index (χ0v) is 23.6. The van der Waals surface area contributed by atoms with Gasteiger partial charge in [0.1, 0.15) is 22.2 Å². The highest BCUT2D eigenvalue weighted by atomic mass is 16.3. The lowest BCUT2D eigenvalue weighted by Gasteiger charge is -2.08. The summed E-state index contributed by atoms with van der Waals surface area (Å²) in [4.78, 5) is 9.19. The van der Waals surface area contributed by atoms with Gasteiger partial charge in [-0.1, -0.05) is 97.1 Å². The number of furan rings is 2. The normalized spacial score (nSPS) is 11.6. The van der Waals surface area contributed by atoms with E-state index in [4.69, 9.17) is 8.83 Å². The van der Waals surface area contributed by atoms with E-state index in [2.05, 4.69) is 94.9 Å². The van der Waals surface area contributed by atoms with Crippen LogP contribution in [0.3, 0.4) is 0 Å². The Bertz CT molecular complexity index is 2290. The van der Waals surface area contributed by atoms with E-state index in [-0.39, 0.29) is 0 Å². The summed E-state index contributed by atoms with van der Waals surface area (Å²) in [6.45, 7) is 0. The first-order valence-corrected chi connectivity index (χ1v) is 14.6. The Hall–Kier alpha value is -6.00. The average molecular weight is 565 g/mol. The summed E-state index contributed by atoms with van der Waals surface area (Å²) in [6.07, 6.45) is 3.71. The molecule has 0 aliphatic heterocycles. The Balaban J connectivity index is 0.986. The summed E-state index contributed by atoms with van der Waals surface area (Å²) < 4.78 is 12.4. The summed E-state index contributed by atoms with van der Waals surface area (Å²) in [5.41, 5.74) is 14.1. The third-order valence-electron chi connectivity index (χ3n) is 8.46. The predicted octanol–water partition coefficient (Wildman–Crippen LogP) is 10.9. The quantitative estimate of drug-likeness (QED) is 0.213. The Morgan fingerprint density at radius 2 is 0.682 bits per heavy atom. The van der Waals surface area contributed by atoms with Gasteiger partial charge in [0.2, 0.25) is 0 Å². The molecule has 0 radical (unpaired) electrons. The lowest BCUT2D eigenvalue weighted by Crippen LogP contribution is -1.84. The molecule has 0 bridgehead atoms. The van der Waals surface area contributed by atoms with E-state index in [0.29, 0.717) is 0 Å². The van der Waals surface area contributed by atoms with E-state index in [0.717, 1.165) is 77.5 Å². The van der Waals surface area contributed by atoms with Gasteiger partial charge in [0.05, 0.1) is 0 Å². The van der Waals surface area contributed by atoms with E-state index in [1.54, 1.807) is 0 Å². The minimum absolute atomic E-state index is 0.822. The molecule has 0 fully saturated rings. The van der Waals surface area contributed by atoms with Crippen molar-refractivity contribution in [1.82, 2.24) is 9.97 Å². The standard InChI is InChI=1S/C40H24N2O2/c1-3-7-35-33(5-1)37-39(43-35)31(21-23-41-37)29-17-13-27(14-18-29)25-9-11-26(12-10-25)28-15-19-30(20-16-28)32-22-24-42-38-34-6-2-4-8-36(34)44-40(32)38/h1-24H. The number of rotatable bonds is 4. The second kappa shape index (κ2) is 9.79. The molecule has 9 rings (SSSR count). The average Bonchev–Trinajstić information content (AvgIpc) is 3.67. The number of benzene rings is 5. The van der Waals surface area contributed by atoms with Gasteiger partial charge >= 0.3 is 0 Å². The fourth-order valence-corrected chi connectivity index (χ4v) is 6.20. The molecule has 0 spiro atoms. The fraction of sp³-hybridized carbons (Fsp3) is 0. The molecule has 0 atom stereocenters. The molecule has 4 nitrogen and oxygen atoms in total. The molecule has 206 valence electrons. The molecule has 0 saturated heterocycles. The van der Waals surface area contributed by atoms with Gasteiger partial charge in [-0.05, 0) is 69.8 Å². The van der Waals surface area contributed by atoms with Crippen LogP contribution in [-0.2, 0) is 0 Å². The van der Waals surface area contributed by atoms with E-state index in [9.17, 15) is 0 Å². The zero-order valence-electron chi connectivity index (χ0n) is 23.6. The minimum Gasteiger partial charge on any atom is -0.454 e. The third kappa shape index (κ3) is 3.92. The van der Waals surface area contributed by atoms with Crippen LogP contribution in [0, 0.1) is 0 Å². The van der Waals surface area contributed by atoms with Crippen LogP contribution in [0.15, 0.2) is 155 Å². The summed E-state index contributed by atoms with van der Waals surface area (Å²) in [6, 6.07) is 46.2. The van der Waals surface area contributed by atoms with Crippen LogP contribution < -0.4 is 0 Å². The number of aromatic nitrogens is 2. The number of hydrogen-bond donors (Lipinski definition) is 0. The number of fused-ring (bicyclic) bond motifs is 6. The molecule has 0 N–H and O–H groups in total. The SMILES string of the molecule is c1ccc2c(c1)oc1c(-c3ccc(-c4ccc(-c5ccc(-c6ccnc7c6oc6ccccc67)cc5)cc4)cc3)ccnc12. The van der Waals surface area contributed by atoms with Crippen LogP contribution in [-0.4, -0.2) is 9.97 Å². The summed E-state index contributed by atoms with van der Waals surface area (Å²) in [7, 11) is 0. The molecule has 0 aliphatic carbocycles. The van der Waals surface area contributed by atoms with E-state index in [1.807, 2.05) is 60.9 Å². The smallest absolute Gasteiger partial charge is 0.161 e. The Labute approximate surface area is 252 Å². The molecular formula is C40H24N2O2. The van der Waals surface area contributed by atoms with Crippen molar-refractivity contribution in [3.8, 4) is 44.5 Å². The van der Waals surface area contributed by atoms with Crippen LogP contribution in [0.4, 0.5) is 0 Å². The highest BCUT2D eigenvalue weighted by Crippen LogP contribution is 2.37. The number of nitrogens with zero attached hydrogens (tertiary/aromatic N) is 2. The zero-order chi connectivity index (χ0) is 29.0. The van der Waals surface area contributed by atoms with Gasteiger partial charge in [0.25, 0.3) is 0 Å². The van der Waals surface area contributed by atoms with Crippen molar-refractivity contribution in [3.63, 3.8) is 0 Å². The molecule has 0 saturated carbocycles. The van der Waals surface area contributed by atoms with Crippen molar-refractivity contribution in [2.45, 2.75) is 0 Å². The van der Waals surface area contributed by atoms with Crippen molar-refractivity contribution in [1.29, 1.82) is 0 Å². The molecule has 9 aromatic rings. The van der Waals surface area contributed by atoms with Crippen LogP contribution in [0.1, 0.15) is 0 Å². The van der Waals surface area contributed by atoms with Crippen LogP contribution in [0.5, 0.6) is 0 Å². The maximum absolute atomic E-state index is 6.20. The molecule has 0 unspecified atom stereocenters. The first-order chi connectivity index (χ1) is 21.8. The van der Waals surface area contributed by atoms with Crippen molar-refractivity contribution in [2.75, 3.05) is 0 Å². The van der Waals surface area contributed by atoms with Crippen molar-refractivity contribution < 1.29 is 8.83 Å². The third-order valence-corrected chi connectivity index (χ3v) is 8.46. The lowest BCUT2D eigenvalue weighted by atomic mass is 9.97. The van der Waals surface area contributed by atoms with Crippen LogP contribution >= 0.6 is 0 Å². The van der Waals surface area contributed by atoms with Crippen LogP contribution in [0.25, 0.3) is 88.6 Å². The second-order valence-corrected chi connectivity index (χ2v) is 11.0. The summed E-state index contributed by atoms with van der Waals surface area (Å²) >= 11 is 0. The molecule has 44 heavy (non-hydrogen) atoms. The Morgan fingerprint density at radius 1 is 0.341 bits per heavy atom. The second-order valence-electron chi connectivity index (χ2n) is 11.0. The maximum atomic E-state index is 6.20. The monoisotopic (exact) mass is 564 g/mol. The fourth-order valence-electron chi connectivity index (χ4n) is 6.20. The predicted molar refractivity (Wildman–Crippen MR) is 178 cm³/mol. The first-order valence-electron chi connectivity index (χ1n) is 14.6. The van der Waals surface area contributed by atoms with Crippen molar-refractivity contribution in [2.24, 2.45) is 0 Å². The Morgan fingerprint density at radius 3 is 1.07 bits per heavy atom. The highest BCUT2D eigenvalue weighted by molar-refractivity contribution is 6.08. The molecule has 4 heteroatoms. The maximum Gasteiger partial charge on any atom is 0.161 e. The van der Waals surface area contributed by atoms with Gasteiger partial charge in [0.15, 0.2) is 11.2 Å². The summed E-state index contributed by atoms with van der Waals surface area (Å²) in [5.74, 6) is 0. The first kappa shape index (κ1) is 24.6. The molecule has 0 aliphatic rings.